The molecule has 36 heavy (non-hydrogen) atoms. The first-order chi connectivity index (χ1) is 17.4. The first kappa shape index (κ1) is 23.1. The number of aliphatic hydroxyl groups excluding tert-OH is 1. The summed E-state index contributed by atoms with van der Waals surface area (Å²) in [6, 6.07) is 21.7. The SMILES string of the molecule is CCc1ccc(N2C(=O)C(O)=C(C(=O)c3cc4ccccc4o3)C2c2cccc(OC(C)=O)c2)cc1. The molecule has 0 spiro atoms. The third-order valence-corrected chi connectivity index (χ3v) is 6.16. The third kappa shape index (κ3) is 4.05. The fourth-order valence-corrected chi connectivity index (χ4v) is 4.45. The van der Waals surface area contributed by atoms with E-state index in [1.165, 1.54) is 11.8 Å². The molecule has 2 heterocycles. The van der Waals surface area contributed by atoms with Crippen LogP contribution in [0.4, 0.5) is 5.69 Å². The van der Waals surface area contributed by atoms with Gasteiger partial charge in [0.05, 0.1) is 11.6 Å². The monoisotopic (exact) mass is 481 g/mol. The maximum atomic E-state index is 13.7. The highest BCUT2D eigenvalue weighted by molar-refractivity contribution is 6.20. The molecule has 1 unspecified atom stereocenters. The Morgan fingerprint density at radius 1 is 1.00 bits per heavy atom. The summed E-state index contributed by atoms with van der Waals surface area (Å²) in [6.45, 7) is 3.31. The Morgan fingerprint density at radius 2 is 1.75 bits per heavy atom. The van der Waals surface area contributed by atoms with Gasteiger partial charge in [0, 0.05) is 18.0 Å². The molecule has 5 rings (SSSR count). The van der Waals surface area contributed by atoms with Gasteiger partial charge < -0.3 is 14.3 Å². The van der Waals surface area contributed by atoms with E-state index in [4.69, 9.17) is 9.15 Å². The zero-order valence-electron chi connectivity index (χ0n) is 19.7. The fraction of sp³-hybridized carbons (Fsp3) is 0.138. The number of hydrogen-bond acceptors (Lipinski definition) is 6. The third-order valence-electron chi connectivity index (χ3n) is 6.16. The number of carbonyl (C=O) groups is 3. The summed E-state index contributed by atoms with van der Waals surface area (Å²) in [6.07, 6.45) is 0.821. The molecule has 180 valence electrons. The Hall–Kier alpha value is -4.65. The van der Waals surface area contributed by atoms with Crippen LogP contribution in [0.2, 0.25) is 0 Å². The van der Waals surface area contributed by atoms with E-state index in [-0.39, 0.29) is 17.1 Å². The van der Waals surface area contributed by atoms with Gasteiger partial charge in [-0.15, -0.1) is 0 Å². The quantitative estimate of drug-likeness (QED) is 0.215. The van der Waals surface area contributed by atoms with Crippen LogP contribution in [0.5, 0.6) is 5.75 Å². The summed E-state index contributed by atoms with van der Waals surface area (Å²) >= 11 is 0. The molecular weight excluding hydrogens is 458 g/mol. The summed E-state index contributed by atoms with van der Waals surface area (Å²) in [5.41, 5.74) is 2.49. The van der Waals surface area contributed by atoms with Crippen LogP contribution in [-0.2, 0) is 16.0 Å². The number of hydrogen-bond donors (Lipinski definition) is 1. The van der Waals surface area contributed by atoms with Gasteiger partial charge in [-0.05, 0) is 53.9 Å². The number of furan rings is 1. The van der Waals surface area contributed by atoms with Crippen molar-refractivity contribution in [3.8, 4) is 5.75 Å². The summed E-state index contributed by atoms with van der Waals surface area (Å²) < 4.78 is 11.0. The number of rotatable bonds is 6. The number of benzene rings is 3. The number of aliphatic hydroxyl groups is 1. The number of aryl methyl sites for hydroxylation is 1. The molecular formula is C29H23NO6. The lowest BCUT2D eigenvalue weighted by molar-refractivity contribution is -0.131. The molecule has 1 aromatic heterocycles. The number of ketones is 1. The molecule has 1 atom stereocenters. The molecule has 7 nitrogen and oxygen atoms in total. The Morgan fingerprint density at radius 3 is 2.44 bits per heavy atom. The van der Waals surface area contributed by atoms with E-state index in [0.717, 1.165) is 17.4 Å². The van der Waals surface area contributed by atoms with Gasteiger partial charge in [-0.2, -0.15) is 0 Å². The van der Waals surface area contributed by atoms with Crippen LogP contribution < -0.4 is 9.64 Å². The molecule has 1 N–H and O–H groups in total. The van der Waals surface area contributed by atoms with Gasteiger partial charge in [-0.25, -0.2) is 0 Å². The smallest absolute Gasteiger partial charge is 0.308 e. The number of anilines is 1. The van der Waals surface area contributed by atoms with E-state index in [2.05, 4.69) is 0 Å². The Bertz CT molecular complexity index is 1500. The molecule has 1 aliphatic heterocycles. The van der Waals surface area contributed by atoms with Crippen molar-refractivity contribution >= 4 is 34.3 Å². The second-order valence-corrected chi connectivity index (χ2v) is 8.50. The highest BCUT2D eigenvalue weighted by Crippen LogP contribution is 2.43. The van der Waals surface area contributed by atoms with Crippen molar-refractivity contribution in [3.05, 3.63) is 107 Å². The van der Waals surface area contributed by atoms with Crippen LogP contribution in [0, 0.1) is 0 Å². The predicted octanol–water partition coefficient (Wildman–Crippen LogP) is 5.70. The lowest BCUT2D eigenvalue weighted by Gasteiger charge is -2.27. The number of esters is 1. The highest BCUT2D eigenvalue weighted by Gasteiger charge is 2.45. The van der Waals surface area contributed by atoms with E-state index in [0.29, 0.717) is 16.8 Å². The average molecular weight is 482 g/mol. The number of nitrogens with zero attached hydrogens (tertiary/aromatic N) is 1. The molecule has 0 radical (unpaired) electrons. The maximum Gasteiger partial charge on any atom is 0.308 e. The number of ether oxygens (including phenoxy) is 1. The number of fused-ring (bicyclic) bond motifs is 1. The van der Waals surface area contributed by atoms with Crippen LogP contribution >= 0.6 is 0 Å². The summed E-state index contributed by atoms with van der Waals surface area (Å²) in [5, 5.41) is 11.7. The Kier molecular flexibility index (Phi) is 5.90. The zero-order chi connectivity index (χ0) is 25.4. The average Bonchev–Trinajstić information content (AvgIpc) is 3.43. The van der Waals surface area contributed by atoms with Crippen molar-refractivity contribution in [2.75, 3.05) is 4.90 Å². The molecule has 0 aliphatic carbocycles. The molecule has 1 aliphatic rings. The standard InChI is InChI=1S/C29H23NO6/c1-3-18-11-13-21(14-12-18)30-26(20-8-6-9-22(15-20)35-17(2)31)25(28(33)29(30)34)27(32)24-16-19-7-4-5-10-23(19)36-24/h4-16,26,33H,3H2,1-2H3. The largest absolute Gasteiger partial charge is 0.503 e. The summed E-state index contributed by atoms with van der Waals surface area (Å²) in [4.78, 5) is 40.0. The van der Waals surface area contributed by atoms with E-state index >= 15 is 0 Å². The first-order valence-corrected chi connectivity index (χ1v) is 11.5. The summed E-state index contributed by atoms with van der Waals surface area (Å²) in [7, 11) is 0. The number of Topliss-reactive ketones (excluding diaryl/α,β-unsaturated/α-hetero) is 1. The molecule has 4 aromatic rings. The van der Waals surface area contributed by atoms with E-state index < -0.39 is 29.5 Å². The highest BCUT2D eigenvalue weighted by atomic mass is 16.5. The van der Waals surface area contributed by atoms with Gasteiger partial charge in [0.1, 0.15) is 11.3 Å². The molecule has 0 bridgehead atoms. The van der Waals surface area contributed by atoms with Crippen LogP contribution in [0.15, 0.2) is 94.6 Å². The van der Waals surface area contributed by atoms with E-state index in [1.807, 2.05) is 31.2 Å². The van der Waals surface area contributed by atoms with E-state index in [1.54, 1.807) is 54.6 Å². The second kappa shape index (κ2) is 9.19. The molecule has 0 saturated carbocycles. The van der Waals surface area contributed by atoms with Crippen molar-refractivity contribution in [1.82, 2.24) is 0 Å². The van der Waals surface area contributed by atoms with Gasteiger partial charge >= 0.3 is 5.97 Å². The van der Waals surface area contributed by atoms with Crippen molar-refractivity contribution in [1.29, 1.82) is 0 Å². The van der Waals surface area contributed by atoms with Crippen molar-refractivity contribution in [2.45, 2.75) is 26.3 Å². The van der Waals surface area contributed by atoms with Gasteiger partial charge in [0.2, 0.25) is 5.78 Å². The van der Waals surface area contributed by atoms with Gasteiger partial charge in [0.25, 0.3) is 5.91 Å². The Balaban J connectivity index is 1.65. The van der Waals surface area contributed by atoms with Crippen molar-refractivity contribution < 1.29 is 28.6 Å². The fourth-order valence-electron chi connectivity index (χ4n) is 4.45. The second-order valence-electron chi connectivity index (χ2n) is 8.50. The van der Waals surface area contributed by atoms with Gasteiger partial charge in [-0.3, -0.25) is 19.3 Å². The lowest BCUT2D eigenvalue weighted by atomic mass is 9.94. The van der Waals surface area contributed by atoms with E-state index in [9.17, 15) is 19.5 Å². The number of amides is 1. The zero-order valence-corrected chi connectivity index (χ0v) is 19.7. The molecule has 3 aromatic carbocycles. The van der Waals surface area contributed by atoms with Crippen molar-refractivity contribution in [2.24, 2.45) is 0 Å². The van der Waals surface area contributed by atoms with Gasteiger partial charge in [0.15, 0.2) is 11.5 Å². The molecule has 1 amide bonds. The number of carbonyl (C=O) groups excluding carboxylic acids is 3. The topological polar surface area (TPSA) is 97.1 Å². The predicted molar refractivity (Wildman–Crippen MR) is 134 cm³/mol. The molecule has 0 saturated heterocycles. The van der Waals surface area contributed by atoms with Crippen LogP contribution in [-0.4, -0.2) is 22.8 Å². The summed E-state index contributed by atoms with van der Waals surface area (Å²) in [5.74, 6) is -2.19. The molecule has 7 heteroatoms. The molecule has 0 fully saturated rings. The van der Waals surface area contributed by atoms with Crippen molar-refractivity contribution in [3.63, 3.8) is 0 Å². The first-order valence-electron chi connectivity index (χ1n) is 11.5. The maximum absolute atomic E-state index is 13.7. The minimum Gasteiger partial charge on any atom is -0.503 e. The normalized spacial score (nSPS) is 15.6. The van der Waals surface area contributed by atoms with Crippen LogP contribution in [0.3, 0.4) is 0 Å². The number of para-hydroxylation sites is 1. The van der Waals surface area contributed by atoms with Crippen LogP contribution in [0.25, 0.3) is 11.0 Å². The van der Waals surface area contributed by atoms with Crippen LogP contribution in [0.1, 0.15) is 41.6 Å². The minimum atomic E-state index is -0.971. The Labute approximate surface area is 207 Å². The van der Waals surface area contributed by atoms with Gasteiger partial charge in [-0.1, -0.05) is 49.4 Å². The lowest BCUT2D eigenvalue weighted by Crippen LogP contribution is -2.31. The minimum absolute atomic E-state index is 0.00914.